The maximum Gasteiger partial charge on any atom is 0.250 e. The minimum Gasteiger partial charge on any atom is -0.472 e. The highest BCUT2D eigenvalue weighted by molar-refractivity contribution is 5.67. The van der Waals surface area contributed by atoms with E-state index in [9.17, 15) is 4.79 Å². The summed E-state index contributed by atoms with van der Waals surface area (Å²) in [4.78, 5) is 11.7. The Morgan fingerprint density at radius 2 is 2.06 bits per heavy atom. The molecule has 0 aromatic carbocycles. The molecule has 0 saturated heterocycles. The van der Waals surface area contributed by atoms with Crippen LogP contribution in [0.1, 0.15) is 12.8 Å². The molecule has 0 radical (unpaired) electrons. The lowest BCUT2D eigenvalue weighted by molar-refractivity contribution is 0.331. The quantitative estimate of drug-likeness (QED) is 0.641. The zero-order valence-electron chi connectivity index (χ0n) is 17.9. The molecule has 2 heterocycles. The van der Waals surface area contributed by atoms with Gasteiger partial charge in [0.05, 0.1) is 12.2 Å². The van der Waals surface area contributed by atoms with Crippen molar-refractivity contribution in [3.63, 3.8) is 0 Å². The summed E-state index contributed by atoms with van der Waals surface area (Å²) in [7, 11) is 3.56. The first-order valence-corrected chi connectivity index (χ1v) is 10.0. The van der Waals surface area contributed by atoms with Crippen LogP contribution in [0.4, 0.5) is 0 Å². The van der Waals surface area contributed by atoms with Gasteiger partial charge in [0.2, 0.25) is 11.4 Å². The fraction of sp³-hybridized carbons (Fsp3) is 0.250. The van der Waals surface area contributed by atoms with E-state index in [2.05, 4.69) is 17.8 Å². The predicted octanol–water partition coefficient (Wildman–Crippen LogP) is 2.76. The normalized spacial score (nSPS) is 14.5. The number of aromatic nitrogens is 3. The summed E-state index contributed by atoms with van der Waals surface area (Å²) < 4.78 is 9.27. The second kappa shape index (κ2) is 9.95. The summed E-state index contributed by atoms with van der Waals surface area (Å²) in [5.74, 6) is 0.536. The molecule has 162 valence electrons. The third-order valence-electron chi connectivity index (χ3n) is 5.13. The second-order valence-corrected chi connectivity index (χ2v) is 7.45. The summed E-state index contributed by atoms with van der Waals surface area (Å²) in [6, 6.07) is 3.32. The monoisotopic (exact) mass is 420 g/mol. The van der Waals surface area contributed by atoms with Gasteiger partial charge in [-0.3, -0.25) is 9.48 Å². The molecule has 0 unspecified atom stereocenters. The number of hydrogen-bond donors (Lipinski definition) is 2. The number of pyridine rings is 1. The minimum atomic E-state index is -0.102. The fourth-order valence-corrected chi connectivity index (χ4v) is 3.23. The number of aliphatic hydroxyl groups is 1. The summed E-state index contributed by atoms with van der Waals surface area (Å²) >= 11 is 0. The Bertz CT molecular complexity index is 1150. The maximum absolute atomic E-state index is 11.7. The third-order valence-corrected chi connectivity index (χ3v) is 5.13. The van der Waals surface area contributed by atoms with Gasteiger partial charge in [0.25, 0.3) is 0 Å². The molecule has 1 aliphatic rings. The van der Waals surface area contributed by atoms with E-state index in [1.54, 1.807) is 30.1 Å². The lowest BCUT2D eigenvalue weighted by Gasteiger charge is -2.15. The molecule has 0 atom stereocenters. The van der Waals surface area contributed by atoms with Crippen molar-refractivity contribution in [1.29, 1.82) is 0 Å². The first kappa shape index (κ1) is 22.1. The van der Waals surface area contributed by atoms with Crippen LogP contribution in [0.25, 0.3) is 11.1 Å². The Labute approximate surface area is 181 Å². The molecule has 0 saturated carbocycles. The van der Waals surface area contributed by atoms with Crippen molar-refractivity contribution < 1.29 is 9.84 Å². The zero-order valence-corrected chi connectivity index (χ0v) is 17.9. The molecular weight excluding hydrogens is 392 g/mol. The van der Waals surface area contributed by atoms with E-state index < -0.39 is 0 Å². The molecule has 0 fully saturated rings. The van der Waals surface area contributed by atoms with Crippen LogP contribution in [0.15, 0.2) is 88.7 Å². The molecule has 7 heteroatoms. The van der Waals surface area contributed by atoms with E-state index in [0.29, 0.717) is 18.1 Å². The van der Waals surface area contributed by atoms with E-state index in [0.717, 1.165) is 40.7 Å². The third kappa shape index (κ3) is 5.52. The first-order chi connectivity index (χ1) is 14.9. The van der Waals surface area contributed by atoms with E-state index in [4.69, 9.17) is 15.6 Å². The van der Waals surface area contributed by atoms with Crippen LogP contribution >= 0.6 is 0 Å². The number of nitrogens with two attached hydrogens (primary N) is 1. The SMILES string of the molecule is C=C(/C=C\C(=C/N)CO)C1=CC=C(COc2nn(C)cc2-c2ccc(=O)n(C)c2)CC1. The number of nitrogens with zero attached hydrogens (tertiary/aromatic N) is 3. The Kier molecular flexibility index (Phi) is 7.10. The molecule has 31 heavy (non-hydrogen) atoms. The van der Waals surface area contributed by atoms with Gasteiger partial charge in [-0.05, 0) is 47.4 Å². The zero-order chi connectivity index (χ0) is 22.4. The summed E-state index contributed by atoms with van der Waals surface area (Å²) in [6.45, 7) is 4.43. The van der Waals surface area contributed by atoms with Crippen molar-refractivity contribution in [3.8, 4) is 17.0 Å². The van der Waals surface area contributed by atoms with E-state index >= 15 is 0 Å². The Morgan fingerprint density at radius 1 is 1.26 bits per heavy atom. The van der Waals surface area contributed by atoms with Gasteiger partial charge < -0.3 is 20.1 Å². The lowest BCUT2D eigenvalue weighted by atomic mass is 9.93. The van der Waals surface area contributed by atoms with E-state index in [1.165, 1.54) is 16.8 Å². The van der Waals surface area contributed by atoms with Crippen LogP contribution in [-0.2, 0) is 14.1 Å². The lowest BCUT2D eigenvalue weighted by Crippen LogP contribution is -2.14. The Morgan fingerprint density at radius 3 is 2.71 bits per heavy atom. The van der Waals surface area contributed by atoms with Crippen molar-refractivity contribution >= 4 is 0 Å². The molecule has 1 aliphatic carbocycles. The Balaban J connectivity index is 1.68. The van der Waals surface area contributed by atoms with Gasteiger partial charge >= 0.3 is 0 Å². The van der Waals surface area contributed by atoms with Crippen LogP contribution in [-0.4, -0.2) is 32.7 Å². The summed E-state index contributed by atoms with van der Waals surface area (Å²) in [5.41, 5.74) is 10.9. The second-order valence-electron chi connectivity index (χ2n) is 7.45. The average molecular weight is 421 g/mol. The molecule has 0 spiro atoms. The van der Waals surface area contributed by atoms with Crippen LogP contribution < -0.4 is 16.0 Å². The van der Waals surface area contributed by atoms with Crippen molar-refractivity contribution in [2.24, 2.45) is 19.8 Å². The van der Waals surface area contributed by atoms with Gasteiger partial charge in [0.1, 0.15) is 6.61 Å². The number of hydrogen-bond acceptors (Lipinski definition) is 5. The summed E-state index contributed by atoms with van der Waals surface area (Å²) in [5, 5.41) is 13.6. The number of rotatable bonds is 8. The van der Waals surface area contributed by atoms with Crippen LogP contribution in [0.3, 0.4) is 0 Å². The number of ether oxygens (including phenoxy) is 1. The molecule has 7 nitrogen and oxygen atoms in total. The highest BCUT2D eigenvalue weighted by Crippen LogP contribution is 2.29. The van der Waals surface area contributed by atoms with Crippen LogP contribution in [0.5, 0.6) is 5.88 Å². The Hall–Kier alpha value is -3.58. The van der Waals surface area contributed by atoms with Gasteiger partial charge in [-0.15, -0.1) is 5.10 Å². The van der Waals surface area contributed by atoms with E-state index in [-0.39, 0.29) is 12.2 Å². The number of aliphatic hydroxyl groups excluding tert-OH is 1. The first-order valence-electron chi connectivity index (χ1n) is 10.0. The van der Waals surface area contributed by atoms with Crippen molar-refractivity contribution in [2.45, 2.75) is 12.8 Å². The van der Waals surface area contributed by atoms with Crippen molar-refractivity contribution in [3.05, 3.63) is 94.3 Å². The highest BCUT2D eigenvalue weighted by Gasteiger charge is 2.14. The molecule has 0 bridgehead atoms. The minimum absolute atomic E-state index is 0.0619. The average Bonchev–Trinajstić information content (AvgIpc) is 3.15. The van der Waals surface area contributed by atoms with Crippen LogP contribution in [0, 0.1) is 0 Å². The fourth-order valence-electron chi connectivity index (χ4n) is 3.23. The van der Waals surface area contributed by atoms with Crippen molar-refractivity contribution in [2.75, 3.05) is 13.2 Å². The molecular formula is C24H28N4O3. The molecule has 0 aliphatic heterocycles. The standard InChI is InChI=1S/C24H28N4O3/c1-17(4-5-19(12-25)15-29)20-8-6-18(7-9-20)16-31-24-22(14-28(3)26-24)21-10-11-23(30)27(2)13-21/h4-6,8,10-14,29H,1,7,9,15-16,25H2,2-3H3/b5-4-,19-12+. The van der Waals surface area contributed by atoms with Gasteiger partial charge in [0.15, 0.2) is 0 Å². The van der Waals surface area contributed by atoms with Crippen molar-refractivity contribution in [1.82, 2.24) is 14.3 Å². The molecule has 2 aromatic heterocycles. The number of allylic oxidation sites excluding steroid dienone is 5. The molecule has 2 aromatic rings. The topological polar surface area (TPSA) is 95.3 Å². The predicted molar refractivity (Wildman–Crippen MR) is 122 cm³/mol. The van der Waals surface area contributed by atoms with Gasteiger partial charge in [-0.25, -0.2) is 0 Å². The largest absolute Gasteiger partial charge is 0.472 e. The number of aryl methyl sites for hydroxylation is 2. The maximum atomic E-state index is 11.7. The van der Waals surface area contributed by atoms with Crippen LogP contribution in [0.2, 0.25) is 0 Å². The highest BCUT2D eigenvalue weighted by atomic mass is 16.5. The van der Waals surface area contributed by atoms with Gasteiger partial charge in [-0.1, -0.05) is 30.9 Å². The van der Waals surface area contributed by atoms with E-state index in [1.807, 2.05) is 25.4 Å². The molecule has 3 N–H and O–H groups in total. The smallest absolute Gasteiger partial charge is 0.250 e. The summed E-state index contributed by atoms with van der Waals surface area (Å²) in [6.07, 6.45) is 14.5. The van der Waals surface area contributed by atoms with Gasteiger partial charge in [0, 0.05) is 38.1 Å². The molecule has 0 amide bonds. The van der Waals surface area contributed by atoms with Gasteiger partial charge in [-0.2, -0.15) is 0 Å². The molecule has 3 rings (SSSR count).